The van der Waals surface area contributed by atoms with Gasteiger partial charge in [-0.1, -0.05) is 26.8 Å². The van der Waals surface area contributed by atoms with Crippen molar-refractivity contribution in [2.24, 2.45) is 5.14 Å². The third kappa shape index (κ3) is 5.78. The van der Waals surface area contributed by atoms with Gasteiger partial charge >= 0.3 is 0 Å². The van der Waals surface area contributed by atoms with E-state index in [4.69, 9.17) is 9.56 Å². The molecule has 0 saturated carbocycles. The zero-order valence-electron chi connectivity index (χ0n) is 15.6. The predicted molar refractivity (Wildman–Crippen MR) is 101 cm³/mol. The maximum absolute atomic E-state index is 11.8. The van der Waals surface area contributed by atoms with Crippen LogP contribution in [0.4, 0.5) is 0 Å². The zero-order chi connectivity index (χ0) is 17.9. The van der Waals surface area contributed by atoms with Crippen LogP contribution in [0.5, 0.6) is 0 Å². The Morgan fingerprint density at radius 1 is 1.26 bits per heavy atom. The van der Waals surface area contributed by atoms with E-state index in [1.165, 1.54) is 0 Å². The minimum atomic E-state index is -1.84. The third-order valence-electron chi connectivity index (χ3n) is 4.84. The Morgan fingerprint density at radius 2 is 1.87 bits per heavy atom. The molecule has 1 heterocycles. The van der Waals surface area contributed by atoms with Crippen LogP contribution in [0.2, 0.25) is 18.1 Å². The van der Waals surface area contributed by atoms with Crippen LogP contribution in [-0.4, -0.2) is 28.9 Å². The van der Waals surface area contributed by atoms with Gasteiger partial charge in [0.05, 0.1) is 15.7 Å². The van der Waals surface area contributed by atoms with Crippen molar-refractivity contribution in [1.82, 2.24) is 4.98 Å². The average Bonchev–Trinajstić information content (AvgIpc) is 2.43. The monoisotopic (exact) mass is 356 g/mol. The van der Waals surface area contributed by atoms with Gasteiger partial charge in [0.2, 0.25) is 0 Å². The quantitative estimate of drug-likeness (QED) is 0.752. The Kier molecular flexibility index (Phi) is 6.72. The van der Waals surface area contributed by atoms with Crippen molar-refractivity contribution in [2.45, 2.75) is 69.8 Å². The van der Waals surface area contributed by atoms with E-state index in [1.807, 2.05) is 32.0 Å². The largest absolute Gasteiger partial charge is 0.416 e. The van der Waals surface area contributed by atoms with E-state index >= 15 is 0 Å². The molecule has 1 aromatic rings. The molecule has 1 unspecified atom stereocenters. The molecule has 23 heavy (non-hydrogen) atoms. The summed E-state index contributed by atoms with van der Waals surface area (Å²) in [6, 6.07) is 5.89. The number of nitrogens with zero attached hydrogens (tertiary/aromatic N) is 1. The van der Waals surface area contributed by atoms with Gasteiger partial charge < -0.3 is 4.43 Å². The fraction of sp³-hybridized carbons (Fsp3) is 0.706. The highest BCUT2D eigenvalue weighted by Gasteiger charge is 2.38. The van der Waals surface area contributed by atoms with Gasteiger partial charge in [0.15, 0.2) is 8.32 Å². The van der Waals surface area contributed by atoms with E-state index in [0.717, 1.165) is 5.69 Å². The lowest BCUT2D eigenvalue weighted by Crippen LogP contribution is -2.42. The Morgan fingerprint density at radius 3 is 2.30 bits per heavy atom. The van der Waals surface area contributed by atoms with Crippen molar-refractivity contribution in [3.05, 3.63) is 30.1 Å². The maximum Gasteiger partial charge on any atom is 0.192 e. The standard InChI is InChI=1S/C17H32N2O2SSi/c1-16(2,3)23(6,7)21-13-14(12-17(4,5)22(18)20)15-10-8-9-11-19-15/h8-11,14H,12-13,18H2,1-7H3/t14-,22?/m1/s1. The molecule has 2 atom stereocenters. The molecule has 1 rings (SSSR count). The number of pyridine rings is 1. The Bertz CT molecular complexity index is 527. The molecule has 0 fully saturated rings. The second-order valence-electron chi connectivity index (χ2n) is 8.28. The SMILES string of the molecule is CC(C)(C[C@H](CO[Si](C)(C)C(C)(C)C)c1ccccn1)S(N)=O. The number of hydrogen-bond acceptors (Lipinski definition) is 3. The van der Waals surface area contributed by atoms with Gasteiger partial charge in [-0.15, -0.1) is 0 Å². The summed E-state index contributed by atoms with van der Waals surface area (Å²) >= 11 is 0. The molecular formula is C17H32N2O2SSi. The number of nitrogens with two attached hydrogens (primary N) is 1. The van der Waals surface area contributed by atoms with Crippen molar-refractivity contribution in [3.63, 3.8) is 0 Å². The molecule has 0 bridgehead atoms. The van der Waals surface area contributed by atoms with E-state index in [0.29, 0.717) is 13.0 Å². The predicted octanol–water partition coefficient (Wildman–Crippen LogP) is 3.98. The van der Waals surface area contributed by atoms with Gasteiger partial charge in [-0.2, -0.15) is 0 Å². The summed E-state index contributed by atoms with van der Waals surface area (Å²) in [6.45, 7) is 15.6. The molecule has 0 amide bonds. The minimum absolute atomic E-state index is 0.0906. The Balaban J connectivity index is 2.96. The van der Waals surface area contributed by atoms with Crippen molar-refractivity contribution in [3.8, 4) is 0 Å². The van der Waals surface area contributed by atoms with Crippen LogP contribution in [0.3, 0.4) is 0 Å². The van der Waals surface area contributed by atoms with Crippen LogP contribution in [0, 0.1) is 0 Å². The molecule has 0 radical (unpaired) electrons. The highest BCUT2D eigenvalue weighted by Crippen LogP contribution is 2.38. The van der Waals surface area contributed by atoms with E-state index in [9.17, 15) is 4.21 Å². The normalized spacial score (nSPS) is 16.2. The summed E-state index contributed by atoms with van der Waals surface area (Å²) in [7, 11) is -3.22. The molecule has 2 N–H and O–H groups in total. The first-order chi connectivity index (χ1) is 10.4. The summed E-state index contributed by atoms with van der Waals surface area (Å²) in [5, 5.41) is 5.83. The average molecular weight is 357 g/mol. The van der Waals surface area contributed by atoms with E-state index < -0.39 is 24.1 Å². The molecule has 4 nitrogen and oxygen atoms in total. The zero-order valence-corrected chi connectivity index (χ0v) is 17.4. The molecule has 0 aliphatic heterocycles. The van der Waals surface area contributed by atoms with Crippen LogP contribution in [0.25, 0.3) is 0 Å². The van der Waals surface area contributed by atoms with Crippen LogP contribution >= 0.6 is 0 Å². The molecule has 132 valence electrons. The Hall–Kier alpha value is -0.563. The first-order valence-corrected chi connectivity index (χ1v) is 12.2. The fourth-order valence-corrected chi connectivity index (χ4v) is 3.48. The van der Waals surface area contributed by atoms with Crippen LogP contribution in [-0.2, 0) is 15.4 Å². The van der Waals surface area contributed by atoms with Crippen LogP contribution < -0.4 is 5.14 Å². The first kappa shape index (κ1) is 20.5. The fourth-order valence-electron chi connectivity index (χ4n) is 2.07. The summed E-state index contributed by atoms with van der Waals surface area (Å²) in [5.74, 6) is 0.0906. The molecule has 0 aromatic carbocycles. The lowest BCUT2D eigenvalue weighted by atomic mass is 9.94. The van der Waals surface area contributed by atoms with Gasteiger partial charge in [-0.3, -0.25) is 10.1 Å². The number of aromatic nitrogens is 1. The van der Waals surface area contributed by atoms with E-state index in [2.05, 4.69) is 38.8 Å². The lowest BCUT2D eigenvalue weighted by Gasteiger charge is -2.38. The molecule has 0 spiro atoms. The summed E-state index contributed by atoms with van der Waals surface area (Å²) in [4.78, 5) is 4.48. The summed E-state index contributed by atoms with van der Waals surface area (Å²) in [5.41, 5.74) is 0.977. The van der Waals surface area contributed by atoms with Gasteiger partial charge in [-0.25, -0.2) is 4.21 Å². The summed E-state index contributed by atoms with van der Waals surface area (Å²) in [6.07, 6.45) is 2.48. The molecule has 0 aliphatic carbocycles. The van der Waals surface area contributed by atoms with Crippen molar-refractivity contribution >= 4 is 19.3 Å². The number of rotatable bonds is 7. The molecular weight excluding hydrogens is 324 g/mol. The van der Waals surface area contributed by atoms with Crippen LogP contribution in [0.15, 0.2) is 24.4 Å². The van der Waals surface area contributed by atoms with Gasteiger partial charge in [-0.05, 0) is 50.5 Å². The number of hydrogen-bond donors (Lipinski definition) is 1. The summed E-state index contributed by atoms with van der Waals surface area (Å²) < 4.78 is 17.8. The third-order valence-corrected chi connectivity index (χ3v) is 10.6. The van der Waals surface area contributed by atoms with E-state index in [-0.39, 0.29) is 11.0 Å². The Labute approximate surface area is 144 Å². The van der Waals surface area contributed by atoms with Crippen molar-refractivity contribution in [2.75, 3.05) is 6.61 Å². The van der Waals surface area contributed by atoms with Crippen LogP contribution in [0.1, 0.15) is 52.7 Å². The molecule has 1 aromatic heterocycles. The minimum Gasteiger partial charge on any atom is -0.416 e. The van der Waals surface area contributed by atoms with Gasteiger partial charge in [0.25, 0.3) is 0 Å². The van der Waals surface area contributed by atoms with Crippen molar-refractivity contribution < 1.29 is 8.63 Å². The lowest BCUT2D eigenvalue weighted by molar-refractivity contribution is 0.248. The van der Waals surface area contributed by atoms with Gasteiger partial charge in [0.1, 0.15) is 0 Å². The van der Waals surface area contributed by atoms with Crippen molar-refractivity contribution in [1.29, 1.82) is 0 Å². The molecule has 0 aliphatic rings. The second kappa shape index (κ2) is 7.55. The maximum atomic E-state index is 11.8. The van der Waals surface area contributed by atoms with Gasteiger partial charge in [0, 0.05) is 24.4 Å². The second-order valence-corrected chi connectivity index (χ2v) is 14.8. The topological polar surface area (TPSA) is 65.2 Å². The molecule has 0 saturated heterocycles. The van der Waals surface area contributed by atoms with E-state index in [1.54, 1.807) is 6.20 Å². The smallest absolute Gasteiger partial charge is 0.192 e. The molecule has 6 heteroatoms. The highest BCUT2D eigenvalue weighted by atomic mass is 32.2. The first-order valence-electron chi connectivity index (χ1n) is 8.08. The highest BCUT2D eigenvalue weighted by molar-refractivity contribution is 7.84.